The van der Waals surface area contributed by atoms with Crippen LogP contribution < -0.4 is 5.32 Å². The molecule has 1 aromatic heterocycles. The van der Waals surface area contributed by atoms with Crippen molar-refractivity contribution in [2.45, 2.75) is 38.9 Å². The van der Waals surface area contributed by atoms with Crippen molar-refractivity contribution in [1.29, 1.82) is 0 Å². The molecular formula is C16H22N2O. The van der Waals surface area contributed by atoms with Gasteiger partial charge in [0.25, 0.3) is 0 Å². The van der Waals surface area contributed by atoms with Crippen LogP contribution in [0.25, 0.3) is 11.0 Å². The molecule has 1 saturated heterocycles. The molecule has 0 spiro atoms. The maximum atomic E-state index is 6.00. The number of hydrogen-bond donors (Lipinski definition) is 1. The lowest BCUT2D eigenvalue weighted by Crippen LogP contribution is -2.26. The monoisotopic (exact) mass is 258 g/mol. The van der Waals surface area contributed by atoms with Crippen LogP contribution in [0, 0.1) is 0 Å². The third-order valence-electron chi connectivity index (χ3n) is 4.17. The zero-order valence-corrected chi connectivity index (χ0v) is 11.8. The molecule has 1 atom stereocenters. The predicted molar refractivity (Wildman–Crippen MR) is 78.1 cm³/mol. The summed E-state index contributed by atoms with van der Waals surface area (Å²) in [5, 5.41) is 4.48. The second-order valence-electron chi connectivity index (χ2n) is 5.49. The minimum Gasteiger partial charge on any atom is -0.459 e. The van der Waals surface area contributed by atoms with Crippen LogP contribution in [-0.2, 0) is 13.1 Å². The molecule has 1 aliphatic heterocycles. The highest BCUT2D eigenvalue weighted by Gasteiger charge is 2.23. The highest BCUT2D eigenvalue weighted by atomic mass is 16.3. The van der Waals surface area contributed by atoms with E-state index < -0.39 is 0 Å². The highest BCUT2D eigenvalue weighted by Crippen LogP contribution is 2.29. The maximum Gasteiger partial charge on any atom is 0.134 e. The van der Waals surface area contributed by atoms with E-state index in [2.05, 4.69) is 35.3 Å². The molecule has 1 unspecified atom stereocenters. The van der Waals surface area contributed by atoms with Gasteiger partial charge < -0.3 is 9.73 Å². The highest BCUT2D eigenvalue weighted by molar-refractivity contribution is 5.82. The fourth-order valence-corrected chi connectivity index (χ4v) is 3.06. The van der Waals surface area contributed by atoms with Crippen molar-refractivity contribution < 1.29 is 4.42 Å². The number of nitrogens with zero attached hydrogens (tertiary/aromatic N) is 1. The van der Waals surface area contributed by atoms with Crippen molar-refractivity contribution in [3.63, 3.8) is 0 Å². The largest absolute Gasteiger partial charge is 0.459 e. The summed E-state index contributed by atoms with van der Waals surface area (Å²) in [4.78, 5) is 2.57. The summed E-state index contributed by atoms with van der Waals surface area (Å²) in [6.07, 6.45) is 2.63. The number of likely N-dealkylation sites (tertiary alicyclic amines) is 1. The number of nitrogens with one attached hydrogen (secondary N) is 1. The van der Waals surface area contributed by atoms with E-state index in [0.29, 0.717) is 6.04 Å². The molecule has 1 N–H and O–H groups in total. The van der Waals surface area contributed by atoms with Crippen LogP contribution in [0.4, 0.5) is 0 Å². The molecule has 0 radical (unpaired) electrons. The van der Waals surface area contributed by atoms with Gasteiger partial charge in [-0.25, -0.2) is 0 Å². The summed E-state index contributed by atoms with van der Waals surface area (Å²) in [5.74, 6) is 1.09. The van der Waals surface area contributed by atoms with Crippen molar-refractivity contribution in [2.75, 3.05) is 13.6 Å². The first kappa shape index (κ1) is 12.7. The number of benzene rings is 1. The summed E-state index contributed by atoms with van der Waals surface area (Å²) >= 11 is 0. The molecule has 2 heterocycles. The molecule has 0 aliphatic carbocycles. The van der Waals surface area contributed by atoms with E-state index in [1.54, 1.807) is 0 Å². The molecule has 1 fully saturated rings. The first-order valence-electron chi connectivity index (χ1n) is 7.17. The van der Waals surface area contributed by atoms with Crippen molar-refractivity contribution in [3.05, 3.63) is 35.6 Å². The summed E-state index contributed by atoms with van der Waals surface area (Å²) in [5.41, 5.74) is 2.37. The van der Waals surface area contributed by atoms with Crippen molar-refractivity contribution in [1.82, 2.24) is 10.2 Å². The Morgan fingerprint density at radius 3 is 2.95 bits per heavy atom. The number of para-hydroxylation sites is 1. The van der Waals surface area contributed by atoms with Gasteiger partial charge in [-0.3, -0.25) is 4.90 Å². The lowest BCUT2D eigenvalue weighted by atomic mass is 10.1. The third-order valence-corrected chi connectivity index (χ3v) is 4.17. The van der Waals surface area contributed by atoms with Crippen LogP contribution in [0.1, 0.15) is 31.1 Å². The Hall–Kier alpha value is -1.32. The molecule has 1 aliphatic rings. The first-order valence-corrected chi connectivity index (χ1v) is 7.17. The van der Waals surface area contributed by atoms with Crippen LogP contribution in [0.2, 0.25) is 0 Å². The fraction of sp³-hybridized carbons (Fsp3) is 0.500. The van der Waals surface area contributed by atoms with E-state index >= 15 is 0 Å². The fourth-order valence-electron chi connectivity index (χ4n) is 3.06. The Morgan fingerprint density at radius 1 is 1.37 bits per heavy atom. The molecule has 0 bridgehead atoms. The Balaban J connectivity index is 1.97. The topological polar surface area (TPSA) is 28.4 Å². The maximum absolute atomic E-state index is 6.00. The number of hydrogen-bond acceptors (Lipinski definition) is 3. The standard InChI is InChI=1S/C16H22N2O/c1-12-6-5-9-18(12)11-14-13-7-3-4-8-15(13)19-16(14)10-17-2/h3-4,7-8,12,17H,5-6,9-11H2,1-2H3. The quantitative estimate of drug-likeness (QED) is 0.913. The van der Waals surface area contributed by atoms with Gasteiger partial charge in [0.15, 0.2) is 0 Å². The van der Waals surface area contributed by atoms with Gasteiger partial charge in [-0.1, -0.05) is 18.2 Å². The zero-order valence-electron chi connectivity index (χ0n) is 11.8. The number of fused-ring (bicyclic) bond motifs is 1. The normalized spacial score (nSPS) is 20.4. The molecule has 0 saturated carbocycles. The lowest BCUT2D eigenvalue weighted by molar-refractivity contribution is 0.259. The zero-order chi connectivity index (χ0) is 13.2. The van der Waals surface area contributed by atoms with Gasteiger partial charge in [-0.2, -0.15) is 0 Å². The van der Waals surface area contributed by atoms with Crippen LogP contribution in [-0.4, -0.2) is 24.5 Å². The Morgan fingerprint density at radius 2 is 2.21 bits per heavy atom. The molecule has 3 heteroatoms. The Kier molecular flexibility index (Phi) is 3.58. The summed E-state index contributed by atoms with van der Waals surface area (Å²) in [7, 11) is 1.97. The molecule has 19 heavy (non-hydrogen) atoms. The molecule has 0 amide bonds. The van der Waals surface area contributed by atoms with Gasteiger partial charge in [0.2, 0.25) is 0 Å². The van der Waals surface area contributed by atoms with Gasteiger partial charge in [-0.05, 0) is 39.4 Å². The molecule has 2 aromatic rings. The van der Waals surface area contributed by atoms with Crippen LogP contribution in [0.5, 0.6) is 0 Å². The summed E-state index contributed by atoms with van der Waals surface area (Å²) in [6, 6.07) is 9.06. The SMILES string of the molecule is CNCc1oc2ccccc2c1CN1CCCC1C. The lowest BCUT2D eigenvalue weighted by Gasteiger charge is -2.21. The Labute approximate surface area is 114 Å². The molecule has 3 nitrogen and oxygen atoms in total. The van der Waals surface area contributed by atoms with E-state index in [1.807, 2.05) is 13.1 Å². The van der Waals surface area contributed by atoms with E-state index in [0.717, 1.165) is 24.4 Å². The molecule has 1 aromatic carbocycles. The minimum atomic E-state index is 0.691. The van der Waals surface area contributed by atoms with E-state index in [9.17, 15) is 0 Å². The van der Waals surface area contributed by atoms with Crippen LogP contribution >= 0.6 is 0 Å². The summed E-state index contributed by atoms with van der Waals surface area (Å²) in [6.45, 7) is 5.34. The molecule has 3 rings (SSSR count). The van der Waals surface area contributed by atoms with Gasteiger partial charge in [0.05, 0.1) is 6.54 Å². The van der Waals surface area contributed by atoms with Crippen molar-refractivity contribution in [2.24, 2.45) is 0 Å². The summed E-state index contributed by atoms with van der Waals surface area (Å²) < 4.78 is 6.00. The van der Waals surface area contributed by atoms with Crippen molar-refractivity contribution in [3.8, 4) is 0 Å². The first-order chi connectivity index (χ1) is 9.29. The van der Waals surface area contributed by atoms with Crippen LogP contribution in [0.3, 0.4) is 0 Å². The van der Waals surface area contributed by atoms with Crippen LogP contribution in [0.15, 0.2) is 28.7 Å². The number of rotatable bonds is 4. The van der Waals surface area contributed by atoms with Gasteiger partial charge in [-0.15, -0.1) is 0 Å². The van der Waals surface area contributed by atoms with E-state index in [-0.39, 0.29) is 0 Å². The predicted octanol–water partition coefficient (Wildman–Crippen LogP) is 3.14. The van der Waals surface area contributed by atoms with E-state index in [1.165, 1.54) is 30.3 Å². The average Bonchev–Trinajstić information content (AvgIpc) is 2.96. The molecular weight excluding hydrogens is 236 g/mol. The number of furan rings is 1. The minimum absolute atomic E-state index is 0.691. The average molecular weight is 258 g/mol. The second-order valence-corrected chi connectivity index (χ2v) is 5.49. The Bertz CT molecular complexity index is 561. The van der Waals surface area contributed by atoms with Gasteiger partial charge >= 0.3 is 0 Å². The van der Waals surface area contributed by atoms with Gasteiger partial charge in [0, 0.05) is 23.5 Å². The third kappa shape index (κ3) is 2.40. The van der Waals surface area contributed by atoms with E-state index in [4.69, 9.17) is 4.42 Å². The van der Waals surface area contributed by atoms with Gasteiger partial charge in [0.1, 0.15) is 11.3 Å². The smallest absolute Gasteiger partial charge is 0.134 e. The molecule has 102 valence electrons. The van der Waals surface area contributed by atoms with Crippen molar-refractivity contribution >= 4 is 11.0 Å². The second kappa shape index (κ2) is 5.35.